The van der Waals surface area contributed by atoms with Crippen molar-refractivity contribution < 1.29 is 37.3 Å². The standard InChI is InChI=1S/C61H103N2O7P/c1-7-10-13-16-19-22-25-28-29-30-31-32-33-36-38-41-44-47-50-53-60(64)62-58(57-69-71(66,67)68-56-55-63(4,5)6)59(52-49-46-43-40-37-34-26-23-20-17-14-11-8-2)70-61(65)54-51-48-45-42-39-35-27-24-21-18-15-12-9-3/h10,12-13,15,18-19,21-22,24,27-29,31-32,36,38,44,47,49,52,58-59H,7-9,11,14,16-17,20,23,25-26,30,33-35,37,39-43,45-46,48,50-51,53-57H2,1-6H3,(H-,62,64,66,67)/b13-10-,15-12+,21-18+,22-19-,27-24-,29-28-,32-31-,38-36-,47-44-,52-49-. The zero-order valence-corrected chi connectivity index (χ0v) is 46.8. The van der Waals surface area contributed by atoms with E-state index < -0.39 is 26.6 Å². The van der Waals surface area contributed by atoms with Crippen molar-refractivity contribution in [2.45, 2.75) is 213 Å². The van der Waals surface area contributed by atoms with Crippen LogP contribution in [0.1, 0.15) is 201 Å². The number of unbranched alkanes of at least 4 members (excludes halogenated alkanes) is 16. The fraction of sp³-hybridized carbons (Fsp3) is 0.639. The Hall–Kier alpha value is -3.59. The summed E-state index contributed by atoms with van der Waals surface area (Å²) in [5.41, 5.74) is 0. The second-order valence-electron chi connectivity index (χ2n) is 19.4. The van der Waals surface area contributed by atoms with Gasteiger partial charge in [0.15, 0.2) is 0 Å². The van der Waals surface area contributed by atoms with Gasteiger partial charge in [0.2, 0.25) is 5.91 Å². The van der Waals surface area contributed by atoms with Gasteiger partial charge in [-0.3, -0.25) is 14.2 Å². The van der Waals surface area contributed by atoms with Crippen molar-refractivity contribution in [3.8, 4) is 0 Å². The van der Waals surface area contributed by atoms with Crippen LogP contribution in [0.3, 0.4) is 0 Å². The van der Waals surface area contributed by atoms with E-state index in [4.69, 9.17) is 13.8 Å². The molecule has 0 aromatic heterocycles. The van der Waals surface area contributed by atoms with Gasteiger partial charge >= 0.3 is 5.97 Å². The molecule has 0 bridgehead atoms. The Balaban J connectivity index is 5.54. The maximum Gasteiger partial charge on any atom is 0.306 e. The fourth-order valence-electron chi connectivity index (χ4n) is 7.19. The number of phosphoric ester groups is 1. The SMILES string of the molecule is CC/C=C\C/C=C\C/C=C\C/C=C\C/C=C\C/C=C\CCC(=O)NC(COP(=O)([O-])OCC[N+](C)(C)C)C(/C=C\CCCCCCCCCCCCC)OC(=O)CCCCCCC\C=C/C=C/C=C/CC. The lowest BCUT2D eigenvalue weighted by molar-refractivity contribution is -0.870. The van der Waals surface area contributed by atoms with Gasteiger partial charge in [-0.15, -0.1) is 0 Å². The van der Waals surface area contributed by atoms with Crippen LogP contribution in [0.5, 0.6) is 0 Å². The molecule has 3 atom stereocenters. The lowest BCUT2D eigenvalue weighted by Gasteiger charge is -2.30. The molecule has 0 saturated heterocycles. The summed E-state index contributed by atoms with van der Waals surface area (Å²) in [6, 6.07) is -0.944. The third-order valence-electron chi connectivity index (χ3n) is 11.5. The molecule has 0 saturated carbocycles. The highest BCUT2D eigenvalue weighted by molar-refractivity contribution is 7.45. The number of quaternary nitrogens is 1. The second-order valence-corrected chi connectivity index (χ2v) is 20.8. The largest absolute Gasteiger partial charge is 0.756 e. The second kappa shape index (κ2) is 50.0. The summed E-state index contributed by atoms with van der Waals surface area (Å²) in [7, 11) is 1.11. The predicted octanol–water partition coefficient (Wildman–Crippen LogP) is 16.1. The van der Waals surface area contributed by atoms with Gasteiger partial charge in [-0.2, -0.15) is 0 Å². The lowest BCUT2D eigenvalue weighted by atomic mass is 10.0. The number of hydrogen-bond donors (Lipinski definition) is 1. The van der Waals surface area contributed by atoms with E-state index in [1.807, 2.05) is 45.4 Å². The minimum Gasteiger partial charge on any atom is -0.756 e. The van der Waals surface area contributed by atoms with Crippen LogP contribution in [-0.2, 0) is 27.9 Å². The Morgan fingerprint density at radius 2 is 0.986 bits per heavy atom. The highest BCUT2D eigenvalue weighted by Gasteiger charge is 2.27. The van der Waals surface area contributed by atoms with Gasteiger partial charge in [-0.1, -0.05) is 220 Å². The molecular weight excluding hydrogens is 904 g/mol. The average molecular weight is 1010 g/mol. The zero-order valence-electron chi connectivity index (χ0n) is 45.9. The van der Waals surface area contributed by atoms with E-state index in [1.165, 1.54) is 57.8 Å². The molecule has 9 nitrogen and oxygen atoms in total. The normalized spacial score (nSPS) is 14.7. The van der Waals surface area contributed by atoms with Crippen LogP contribution in [-0.4, -0.2) is 69.4 Å². The minimum atomic E-state index is -4.73. The molecule has 0 radical (unpaired) electrons. The van der Waals surface area contributed by atoms with Gasteiger partial charge in [0.05, 0.1) is 33.8 Å². The highest BCUT2D eigenvalue weighted by atomic mass is 31.2. The van der Waals surface area contributed by atoms with Crippen molar-refractivity contribution in [3.63, 3.8) is 0 Å². The summed E-state index contributed by atoms with van der Waals surface area (Å²) in [5, 5.41) is 2.96. The van der Waals surface area contributed by atoms with E-state index in [1.54, 1.807) is 6.08 Å². The Kier molecular flexibility index (Phi) is 47.4. The molecule has 3 unspecified atom stereocenters. The van der Waals surface area contributed by atoms with Crippen LogP contribution in [0.2, 0.25) is 0 Å². The number of rotatable bonds is 48. The summed E-state index contributed by atoms with van der Waals surface area (Å²) < 4.78 is 30.1. The zero-order chi connectivity index (χ0) is 52.2. The number of hydrogen-bond acceptors (Lipinski definition) is 7. The molecule has 0 aliphatic heterocycles. The molecule has 404 valence electrons. The third kappa shape index (κ3) is 51.1. The number of nitrogens with zero attached hydrogens (tertiary/aromatic N) is 1. The molecule has 0 rings (SSSR count). The summed E-state index contributed by atoms with van der Waals surface area (Å²) in [6.07, 6.45) is 69.0. The lowest BCUT2D eigenvalue weighted by Crippen LogP contribution is -2.47. The summed E-state index contributed by atoms with van der Waals surface area (Å²) in [5.74, 6) is -0.674. The Morgan fingerprint density at radius 3 is 1.51 bits per heavy atom. The maximum absolute atomic E-state index is 13.4. The molecule has 0 aliphatic rings. The Bertz CT molecular complexity index is 1630. The average Bonchev–Trinajstić information content (AvgIpc) is 3.33. The minimum absolute atomic E-state index is 0.0461. The van der Waals surface area contributed by atoms with Crippen molar-refractivity contribution >= 4 is 19.7 Å². The van der Waals surface area contributed by atoms with Crippen molar-refractivity contribution in [1.29, 1.82) is 0 Å². The molecule has 0 aliphatic carbocycles. The molecule has 0 fully saturated rings. The summed E-state index contributed by atoms with van der Waals surface area (Å²) in [4.78, 5) is 39.8. The van der Waals surface area contributed by atoms with E-state index in [0.29, 0.717) is 23.9 Å². The quantitative estimate of drug-likeness (QED) is 0.0161. The van der Waals surface area contributed by atoms with Gasteiger partial charge in [0.25, 0.3) is 7.82 Å². The van der Waals surface area contributed by atoms with E-state index in [-0.39, 0.29) is 31.3 Å². The molecule has 1 N–H and O–H groups in total. The van der Waals surface area contributed by atoms with Crippen molar-refractivity contribution in [2.24, 2.45) is 0 Å². The molecule has 0 heterocycles. The molecule has 71 heavy (non-hydrogen) atoms. The first-order valence-corrected chi connectivity index (χ1v) is 29.3. The first-order chi connectivity index (χ1) is 34.4. The monoisotopic (exact) mass is 1010 g/mol. The maximum atomic E-state index is 13.4. The topological polar surface area (TPSA) is 114 Å². The van der Waals surface area contributed by atoms with Gasteiger partial charge in [-0.25, -0.2) is 0 Å². The van der Waals surface area contributed by atoms with Crippen molar-refractivity contribution in [1.82, 2.24) is 5.32 Å². The number of esters is 1. The smallest absolute Gasteiger partial charge is 0.306 e. The first kappa shape index (κ1) is 67.4. The van der Waals surface area contributed by atoms with Gasteiger partial charge < -0.3 is 28.5 Å². The molecular formula is C61H103N2O7P. The fourth-order valence-corrected chi connectivity index (χ4v) is 7.91. The van der Waals surface area contributed by atoms with Crippen LogP contribution in [0.4, 0.5) is 0 Å². The number of carbonyl (C=O) groups excluding carboxylic acids is 2. The number of nitrogens with one attached hydrogen (secondary N) is 1. The first-order valence-electron chi connectivity index (χ1n) is 27.9. The highest BCUT2D eigenvalue weighted by Crippen LogP contribution is 2.38. The molecule has 1 amide bonds. The number of carbonyl (C=O) groups is 2. The van der Waals surface area contributed by atoms with Crippen LogP contribution >= 0.6 is 7.82 Å². The molecule has 10 heteroatoms. The van der Waals surface area contributed by atoms with Crippen LogP contribution < -0.4 is 10.2 Å². The van der Waals surface area contributed by atoms with Gasteiger partial charge in [0, 0.05) is 12.8 Å². The third-order valence-corrected chi connectivity index (χ3v) is 12.4. The molecule has 0 aromatic rings. The Morgan fingerprint density at radius 1 is 0.521 bits per heavy atom. The predicted molar refractivity (Wildman–Crippen MR) is 302 cm³/mol. The van der Waals surface area contributed by atoms with E-state index in [2.05, 4.69) is 117 Å². The van der Waals surface area contributed by atoms with Gasteiger partial charge in [-0.05, 0) is 89.5 Å². The number of amides is 1. The Labute approximate surface area is 435 Å². The number of phosphoric acid groups is 1. The van der Waals surface area contributed by atoms with Crippen LogP contribution in [0, 0.1) is 0 Å². The summed E-state index contributed by atoms with van der Waals surface area (Å²) in [6.45, 7) is 6.49. The van der Waals surface area contributed by atoms with E-state index in [9.17, 15) is 19.0 Å². The summed E-state index contributed by atoms with van der Waals surface area (Å²) >= 11 is 0. The number of ether oxygens (including phenoxy) is 1. The van der Waals surface area contributed by atoms with Gasteiger partial charge in [0.1, 0.15) is 19.3 Å². The van der Waals surface area contributed by atoms with Crippen LogP contribution in [0.25, 0.3) is 0 Å². The van der Waals surface area contributed by atoms with E-state index >= 15 is 0 Å². The molecule has 0 spiro atoms. The van der Waals surface area contributed by atoms with Crippen molar-refractivity contribution in [3.05, 3.63) is 122 Å². The van der Waals surface area contributed by atoms with Crippen molar-refractivity contribution in [2.75, 3.05) is 40.9 Å². The van der Waals surface area contributed by atoms with E-state index in [0.717, 1.165) is 96.3 Å². The van der Waals surface area contributed by atoms with Crippen LogP contribution in [0.15, 0.2) is 122 Å². The molecule has 0 aromatic carbocycles. The number of allylic oxidation sites excluding steroid dienone is 19. The number of likely N-dealkylation sites (N-methyl/N-ethyl adjacent to an activating group) is 1.